The first-order valence-electron chi connectivity index (χ1n) is 0.447. The fourth-order valence-electron chi connectivity index (χ4n) is 0. The molecule has 0 bridgehead atoms. The summed E-state index contributed by atoms with van der Waals surface area (Å²) in [6.07, 6.45) is 0. The third-order valence-corrected chi connectivity index (χ3v) is 0. The van der Waals surface area contributed by atoms with E-state index in [1.54, 1.807) is 0 Å². The van der Waals surface area contributed by atoms with E-state index in [1.807, 2.05) is 4.91 Å². The summed E-state index contributed by atoms with van der Waals surface area (Å²) in [6, 6.07) is 0. The summed E-state index contributed by atoms with van der Waals surface area (Å²) < 4.78 is 0. The van der Waals surface area contributed by atoms with E-state index < -0.39 is 0 Å². The Hall–Kier alpha value is 0.141. The Morgan fingerprint density at radius 2 is 1.40 bits per heavy atom. The molecule has 5 heteroatoms. The van der Waals surface area contributed by atoms with Gasteiger partial charge in [-0.3, -0.25) is 0 Å². The third-order valence-electron chi connectivity index (χ3n) is 0. The molecule has 0 aliphatic heterocycles. The monoisotopic (exact) mass is 81.0 g/mol. The van der Waals surface area contributed by atoms with Crippen LogP contribution in [0.3, 0.4) is 0 Å². The molecule has 0 saturated carbocycles. The second kappa shape index (κ2) is 31.4. The summed E-state index contributed by atoms with van der Waals surface area (Å²) >= 11 is 0. The number of nitrogens with one attached hydrogen (secondary N) is 2. The minimum atomic E-state index is 0. The Morgan fingerprint density at radius 3 is 1.40 bits per heavy atom. The van der Waals surface area contributed by atoms with Crippen molar-refractivity contribution in [3.8, 4) is 0 Å². The zero-order chi connectivity index (χ0) is 2.71. The molecule has 0 atom stereocenters. The predicted octanol–water partition coefficient (Wildman–Crippen LogP) is -0.421. The quantitative estimate of drug-likeness (QED) is 0.226. The van der Waals surface area contributed by atoms with Crippen LogP contribution < -0.4 is 4.91 Å². The standard InChI is InChI=1S/B.Mg.H2N3.2H/c;;1-3-2;;/h;;1-2H;;/q;+2;+1;2*-1. The van der Waals surface area contributed by atoms with Crippen LogP contribution in [-0.4, -0.2) is 31.5 Å². The Kier molecular flexibility index (Phi) is 121. The maximum Gasteiger partial charge on any atom is 2.00 e. The molecule has 0 aliphatic carbocycles. The van der Waals surface area contributed by atoms with Crippen LogP contribution in [-0.2, 0) is 0 Å². The molecular weight excluding hydrogens is 77.1 g/mol. The van der Waals surface area contributed by atoms with E-state index in [0.717, 1.165) is 0 Å². The normalized spacial score (nSPS) is 1.60. The van der Waals surface area contributed by atoms with Gasteiger partial charge in [0.05, 0.1) is 0 Å². The first-order chi connectivity index (χ1) is 1.41. The summed E-state index contributed by atoms with van der Waals surface area (Å²) in [5.74, 6) is 0. The molecule has 0 aliphatic rings. The maximum atomic E-state index is 5.50. The van der Waals surface area contributed by atoms with Gasteiger partial charge in [0, 0.05) is 8.41 Å². The maximum absolute atomic E-state index is 5.50. The van der Waals surface area contributed by atoms with Crippen molar-refractivity contribution in [1.29, 1.82) is 11.1 Å². The minimum Gasteiger partial charge on any atom is -1.00 e. The molecule has 0 aromatic carbocycles. The van der Waals surface area contributed by atoms with E-state index in [-0.39, 0.29) is 34.3 Å². The van der Waals surface area contributed by atoms with Crippen molar-refractivity contribution in [3.05, 3.63) is 0 Å². The van der Waals surface area contributed by atoms with Gasteiger partial charge in [0.25, 0.3) is 0 Å². The average Bonchev–Trinajstić information content (AvgIpc) is 0.918. The topological polar surface area (TPSA) is 61.8 Å². The molecule has 0 spiro atoms. The fourth-order valence-corrected chi connectivity index (χ4v) is 0. The van der Waals surface area contributed by atoms with Crippen molar-refractivity contribution in [3.63, 3.8) is 0 Å². The van der Waals surface area contributed by atoms with Gasteiger partial charge in [-0.2, -0.15) is 0 Å². The summed E-state index contributed by atoms with van der Waals surface area (Å²) in [6.45, 7) is 0. The van der Waals surface area contributed by atoms with E-state index in [9.17, 15) is 0 Å². The molecule has 3 radical (unpaired) electrons. The van der Waals surface area contributed by atoms with Crippen LogP contribution in [0, 0.1) is 11.1 Å². The van der Waals surface area contributed by atoms with Gasteiger partial charge in [0.15, 0.2) is 0 Å². The third kappa shape index (κ3) is 953. The van der Waals surface area contributed by atoms with Crippen LogP contribution in [0.4, 0.5) is 0 Å². The number of rotatable bonds is 0. The smallest absolute Gasteiger partial charge is 1.00 e. The summed E-state index contributed by atoms with van der Waals surface area (Å²) in [5.41, 5.74) is 11.0. The molecule has 23 valence electrons. The number of hydrogen-bond acceptors (Lipinski definition) is 2. The number of nitrogens with zero attached hydrogens (tertiary/aromatic N) is 1. The second-order valence-electron chi connectivity index (χ2n) is 0.112. The molecule has 3 nitrogen and oxygen atoms in total. The van der Waals surface area contributed by atoms with Crippen LogP contribution >= 0.6 is 0 Å². The van der Waals surface area contributed by atoms with Gasteiger partial charge in [-0.05, 0) is 0 Å². The van der Waals surface area contributed by atoms with E-state index >= 15 is 0 Å². The molecule has 0 unspecified atom stereocenters. The Balaban J connectivity index is -0.00000000333. The second-order valence-corrected chi connectivity index (χ2v) is 0.112. The summed E-state index contributed by atoms with van der Waals surface area (Å²) in [4.78, 5) is 2.00. The zero-order valence-electron chi connectivity index (χ0n) is 4.73. The van der Waals surface area contributed by atoms with Gasteiger partial charge in [-0.25, -0.2) is 0 Å². The van der Waals surface area contributed by atoms with Crippen molar-refractivity contribution < 1.29 is 2.85 Å². The van der Waals surface area contributed by atoms with Crippen LogP contribution in [0.2, 0.25) is 0 Å². The largest absolute Gasteiger partial charge is 2.00 e. The molecule has 0 saturated heterocycles. The molecule has 2 N–H and O–H groups in total. The Labute approximate surface area is 50.9 Å². The van der Waals surface area contributed by atoms with Crippen LogP contribution in [0.1, 0.15) is 2.85 Å². The average molecular weight is 81.2 g/mol. The van der Waals surface area contributed by atoms with Gasteiger partial charge in [-0.15, -0.1) is 0 Å². The minimum absolute atomic E-state index is 0. The molecule has 0 aromatic heterocycles. The first kappa shape index (κ1) is 19.2. The van der Waals surface area contributed by atoms with Crippen molar-refractivity contribution in [2.24, 2.45) is 0 Å². The van der Waals surface area contributed by atoms with Crippen LogP contribution in [0.25, 0.3) is 0 Å². The predicted molar refractivity (Wildman–Crippen MR) is 21.3 cm³/mol. The summed E-state index contributed by atoms with van der Waals surface area (Å²) in [5, 5.41) is 0. The SMILES string of the molecule is N=[N+]=N.[B].[H-].[H-].[Mg+2]. The van der Waals surface area contributed by atoms with E-state index in [1.165, 1.54) is 0 Å². The Bertz CT molecular complexity index is 33.9. The van der Waals surface area contributed by atoms with Gasteiger partial charge >= 0.3 is 23.1 Å². The zero-order valence-corrected chi connectivity index (χ0v) is 4.15. The van der Waals surface area contributed by atoms with E-state index in [4.69, 9.17) is 11.1 Å². The molecule has 0 rings (SSSR count). The fraction of sp³-hybridized carbons (Fsp3) is 0. The Morgan fingerprint density at radius 1 is 1.40 bits per heavy atom. The molecule has 5 heavy (non-hydrogen) atoms. The van der Waals surface area contributed by atoms with E-state index in [2.05, 4.69) is 0 Å². The van der Waals surface area contributed by atoms with Crippen molar-refractivity contribution in [2.45, 2.75) is 0 Å². The summed E-state index contributed by atoms with van der Waals surface area (Å²) in [7, 11) is 0. The van der Waals surface area contributed by atoms with Gasteiger partial charge < -0.3 is 2.85 Å². The van der Waals surface area contributed by atoms with Crippen molar-refractivity contribution >= 4 is 31.5 Å². The van der Waals surface area contributed by atoms with E-state index in [0.29, 0.717) is 0 Å². The molecule has 0 fully saturated rings. The van der Waals surface area contributed by atoms with Crippen molar-refractivity contribution in [1.82, 2.24) is 4.91 Å². The van der Waals surface area contributed by atoms with Gasteiger partial charge in [0.1, 0.15) is 11.1 Å². The molecule has 0 amide bonds. The van der Waals surface area contributed by atoms with Gasteiger partial charge in [-0.1, -0.05) is 0 Å². The first-order valence-corrected chi connectivity index (χ1v) is 0.447. The molecule has 0 heterocycles. The van der Waals surface area contributed by atoms with Crippen LogP contribution in [0.5, 0.6) is 0 Å². The van der Waals surface area contributed by atoms with Gasteiger partial charge in [0.2, 0.25) is 4.91 Å². The van der Waals surface area contributed by atoms with Crippen molar-refractivity contribution in [2.75, 3.05) is 0 Å². The molecule has 0 aromatic rings. The number of hydrogen-bond donors (Lipinski definition) is 2. The van der Waals surface area contributed by atoms with Crippen LogP contribution in [0.15, 0.2) is 0 Å². The molecular formula is H4BMgN3+.